The summed E-state index contributed by atoms with van der Waals surface area (Å²) in [5.41, 5.74) is -0.666. The molecule has 4 nitrogen and oxygen atoms in total. The Kier molecular flexibility index (Phi) is 4.53. The summed E-state index contributed by atoms with van der Waals surface area (Å²) in [7, 11) is 0. The molecule has 0 fully saturated rings. The highest BCUT2D eigenvalue weighted by molar-refractivity contribution is 5.89. The van der Waals surface area contributed by atoms with Crippen molar-refractivity contribution in [2.75, 3.05) is 6.61 Å². The number of carbonyl (C=O) groups excluding carboxylic acids is 1. The smallest absolute Gasteiger partial charge is 0.357 e. The zero-order valence-electron chi connectivity index (χ0n) is 9.82. The fourth-order valence-electron chi connectivity index (χ4n) is 1.28. The van der Waals surface area contributed by atoms with Gasteiger partial charge in [0.2, 0.25) is 0 Å². The fourth-order valence-corrected chi connectivity index (χ4v) is 1.28. The third-order valence-corrected chi connectivity index (χ3v) is 2.00. The average Bonchev–Trinajstić information content (AvgIpc) is 2.77. The van der Waals surface area contributed by atoms with Crippen LogP contribution in [-0.2, 0) is 4.74 Å². The zero-order chi connectivity index (χ0) is 13.7. The van der Waals surface area contributed by atoms with Gasteiger partial charge in [0.05, 0.1) is 12.8 Å². The molecule has 0 aliphatic heterocycles. The first-order chi connectivity index (χ1) is 8.52. The highest BCUT2D eigenvalue weighted by Gasteiger charge is 2.20. The maximum Gasteiger partial charge on any atom is 0.357 e. The summed E-state index contributed by atoms with van der Waals surface area (Å²) < 4.78 is 32.3. The van der Waals surface area contributed by atoms with Crippen molar-refractivity contribution in [3.63, 3.8) is 0 Å². The second-order valence-electron chi connectivity index (χ2n) is 3.15. The molecule has 0 aliphatic carbocycles. The molecule has 6 heteroatoms. The van der Waals surface area contributed by atoms with Gasteiger partial charge in [0.15, 0.2) is 11.5 Å². The lowest BCUT2D eigenvalue weighted by molar-refractivity contribution is 0.0516. The van der Waals surface area contributed by atoms with Gasteiger partial charge in [-0.3, -0.25) is 0 Å². The molecule has 0 unspecified atom stereocenters. The van der Waals surface area contributed by atoms with Gasteiger partial charge >= 0.3 is 5.97 Å². The molecule has 0 bridgehead atoms. The Hall–Kier alpha value is -2.24. The minimum Gasteiger partial charge on any atom is -0.461 e. The molecule has 0 atom stereocenters. The van der Waals surface area contributed by atoms with Crippen molar-refractivity contribution in [2.45, 2.75) is 6.92 Å². The summed E-state index contributed by atoms with van der Waals surface area (Å²) in [6.45, 7) is 7.95. The van der Waals surface area contributed by atoms with Crippen LogP contribution in [0.15, 0.2) is 43.2 Å². The monoisotopic (exact) mass is 254 g/mol. The molecular weight excluding hydrogens is 242 g/mol. The van der Waals surface area contributed by atoms with Crippen LogP contribution in [0.25, 0.3) is 5.70 Å². The van der Waals surface area contributed by atoms with Crippen molar-refractivity contribution in [1.29, 1.82) is 0 Å². The van der Waals surface area contributed by atoms with Crippen molar-refractivity contribution in [3.05, 3.63) is 48.8 Å². The Morgan fingerprint density at radius 1 is 1.61 bits per heavy atom. The Balaban J connectivity index is 3.33. The number of carbonyl (C=O) groups is 1. The molecule has 1 aromatic heterocycles. The van der Waals surface area contributed by atoms with Crippen molar-refractivity contribution in [3.8, 4) is 0 Å². The molecule has 1 rings (SSSR count). The van der Waals surface area contributed by atoms with Crippen LogP contribution in [0, 0.1) is 0 Å². The van der Waals surface area contributed by atoms with E-state index in [0.29, 0.717) is 0 Å². The molecule has 0 aromatic carbocycles. The van der Waals surface area contributed by atoms with E-state index in [-0.39, 0.29) is 12.3 Å². The molecule has 0 saturated carbocycles. The second-order valence-corrected chi connectivity index (χ2v) is 3.15. The van der Waals surface area contributed by atoms with E-state index in [1.165, 1.54) is 12.3 Å². The van der Waals surface area contributed by atoms with Gasteiger partial charge in [-0.05, 0) is 19.1 Å². The summed E-state index contributed by atoms with van der Waals surface area (Å²) in [4.78, 5) is 11.6. The van der Waals surface area contributed by atoms with Gasteiger partial charge < -0.3 is 4.74 Å². The predicted molar refractivity (Wildman–Crippen MR) is 63.0 cm³/mol. The number of hydrogen-bond donors (Lipinski definition) is 0. The first-order valence-electron chi connectivity index (χ1n) is 5.11. The van der Waals surface area contributed by atoms with Gasteiger partial charge in [-0.2, -0.15) is 5.10 Å². The van der Waals surface area contributed by atoms with Gasteiger partial charge in [0.25, 0.3) is 0 Å². The lowest BCUT2D eigenvalue weighted by Crippen LogP contribution is -2.13. The SMILES string of the molecule is C=C/C(F)=C(\C(=C)F)n1nccc1C(=O)OCC. The molecule has 0 N–H and O–H groups in total. The van der Waals surface area contributed by atoms with Crippen LogP contribution in [0.4, 0.5) is 8.78 Å². The Morgan fingerprint density at radius 3 is 2.78 bits per heavy atom. The van der Waals surface area contributed by atoms with E-state index < -0.39 is 23.3 Å². The minimum atomic E-state index is -1.07. The van der Waals surface area contributed by atoms with E-state index in [1.54, 1.807) is 6.92 Å². The molecular formula is C12H12F2N2O2. The molecule has 1 heterocycles. The van der Waals surface area contributed by atoms with Gasteiger partial charge in [-0.25, -0.2) is 18.3 Å². The standard InChI is InChI=1S/C12H12F2N2O2/c1-4-9(14)11(8(3)13)16-10(6-7-15-16)12(17)18-5-2/h4,6-7H,1,3,5H2,2H3/b11-9-. The van der Waals surface area contributed by atoms with Crippen molar-refractivity contribution >= 4 is 11.7 Å². The number of esters is 1. The van der Waals surface area contributed by atoms with Crippen LogP contribution in [0.5, 0.6) is 0 Å². The maximum absolute atomic E-state index is 13.5. The highest BCUT2D eigenvalue weighted by atomic mass is 19.1. The van der Waals surface area contributed by atoms with Crippen LogP contribution in [0.2, 0.25) is 0 Å². The zero-order valence-corrected chi connectivity index (χ0v) is 9.82. The van der Waals surface area contributed by atoms with Crippen LogP contribution in [-0.4, -0.2) is 22.4 Å². The summed E-state index contributed by atoms with van der Waals surface area (Å²) in [6, 6.07) is 1.29. The van der Waals surface area contributed by atoms with Crippen molar-refractivity contribution in [1.82, 2.24) is 9.78 Å². The summed E-state index contributed by atoms with van der Waals surface area (Å²) >= 11 is 0. The normalized spacial score (nSPS) is 11.7. The number of halogens is 2. The van der Waals surface area contributed by atoms with E-state index in [1.807, 2.05) is 0 Å². The number of hydrogen-bond acceptors (Lipinski definition) is 3. The van der Waals surface area contributed by atoms with E-state index >= 15 is 0 Å². The molecule has 0 radical (unpaired) electrons. The minimum absolute atomic E-state index is 0.0948. The molecule has 0 aliphatic rings. The molecule has 0 amide bonds. The lowest BCUT2D eigenvalue weighted by Gasteiger charge is -2.09. The topological polar surface area (TPSA) is 44.1 Å². The fraction of sp³-hybridized carbons (Fsp3) is 0.167. The van der Waals surface area contributed by atoms with Crippen molar-refractivity contribution in [2.24, 2.45) is 0 Å². The molecule has 0 spiro atoms. The lowest BCUT2D eigenvalue weighted by atomic mass is 10.3. The maximum atomic E-state index is 13.5. The van der Waals surface area contributed by atoms with E-state index in [2.05, 4.69) is 18.3 Å². The third-order valence-electron chi connectivity index (χ3n) is 2.00. The molecule has 0 saturated heterocycles. The predicted octanol–water partition coefficient (Wildman–Crippen LogP) is 2.87. The van der Waals surface area contributed by atoms with E-state index in [4.69, 9.17) is 4.74 Å². The molecule has 1 aromatic rings. The number of aromatic nitrogens is 2. The van der Waals surface area contributed by atoms with Crippen LogP contribution < -0.4 is 0 Å². The van der Waals surface area contributed by atoms with Crippen LogP contribution >= 0.6 is 0 Å². The summed E-state index contributed by atoms with van der Waals surface area (Å²) in [5, 5.41) is 3.68. The highest BCUT2D eigenvalue weighted by Crippen LogP contribution is 2.23. The van der Waals surface area contributed by atoms with Gasteiger partial charge in [-0.1, -0.05) is 13.2 Å². The van der Waals surface area contributed by atoms with Crippen LogP contribution in [0.1, 0.15) is 17.4 Å². The Labute approximate surface area is 103 Å². The summed E-state index contributed by atoms with van der Waals surface area (Å²) in [5.74, 6) is -2.77. The first-order valence-corrected chi connectivity index (χ1v) is 5.11. The Bertz CT molecular complexity index is 518. The quantitative estimate of drug-likeness (QED) is 0.599. The van der Waals surface area contributed by atoms with E-state index in [0.717, 1.165) is 10.8 Å². The summed E-state index contributed by atoms with van der Waals surface area (Å²) in [6.07, 6.45) is 2.03. The average molecular weight is 254 g/mol. The number of allylic oxidation sites excluding steroid dienone is 4. The van der Waals surface area contributed by atoms with Crippen molar-refractivity contribution < 1.29 is 18.3 Å². The third kappa shape index (κ3) is 2.71. The van der Waals surface area contributed by atoms with Gasteiger partial charge in [0, 0.05) is 0 Å². The largest absolute Gasteiger partial charge is 0.461 e. The van der Waals surface area contributed by atoms with Crippen LogP contribution in [0.3, 0.4) is 0 Å². The molecule has 96 valence electrons. The number of ether oxygens (including phenoxy) is 1. The van der Waals surface area contributed by atoms with Gasteiger partial charge in [0.1, 0.15) is 11.5 Å². The first kappa shape index (κ1) is 13.8. The number of nitrogens with zero attached hydrogens (tertiary/aromatic N) is 2. The van der Waals surface area contributed by atoms with E-state index in [9.17, 15) is 13.6 Å². The Morgan fingerprint density at radius 2 is 2.28 bits per heavy atom. The second kappa shape index (κ2) is 5.90. The molecule has 18 heavy (non-hydrogen) atoms. The number of rotatable bonds is 5. The van der Waals surface area contributed by atoms with Gasteiger partial charge in [-0.15, -0.1) is 0 Å².